The normalized spacial score (nSPS) is 23.6. The fourth-order valence-corrected chi connectivity index (χ4v) is 5.37. The van der Waals surface area contributed by atoms with Crippen molar-refractivity contribution in [1.82, 2.24) is 20.1 Å². The smallest absolute Gasteiger partial charge is 0.237 e. The first-order chi connectivity index (χ1) is 12.4. The average Bonchev–Trinajstić information content (AvgIpc) is 3.12. The third kappa shape index (κ3) is 4.46. The number of aryl methyl sites for hydroxylation is 2. The Balaban J connectivity index is 1.55. The molecule has 1 amide bonds. The number of carbonyl (C=O) groups is 1. The molecule has 0 saturated carbocycles. The van der Waals surface area contributed by atoms with Gasteiger partial charge in [-0.25, -0.2) is 4.98 Å². The van der Waals surface area contributed by atoms with Crippen molar-refractivity contribution in [2.24, 2.45) is 5.41 Å². The quantitative estimate of drug-likeness (QED) is 0.827. The van der Waals surface area contributed by atoms with Crippen LogP contribution in [0.15, 0.2) is 0 Å². The maximum absolute atomic E-state index is 12.9. The molecule has 6 heteroatoms. The molecular formula is C20H34N4OS. The third-order valence-electron chi connectivity index (χ3n) is 6.18. The second-order valence-corrected chi connectivity index (χ2v) is 9.57. The van der Waals surface area contributed by atoms with E-state index in [2.05, 4.69) is 47.9 Å². The van der Waals surface area contributed by atoms with Gasteiger partial charge in [0.25, 0.3) is 0 Å². The zero-order valence-corrected chi connectivity index (χ0v) is 17.6. The summed E-state index contributed by atoms with van der Waals surface area (Å²) in [7, 11) is 2.21. The number of hydrogen-bond acceptors (Lipinski definition) is 5. The lowest BCUT2D eigenvalue weighted by atomic mass is 9.76. The number of nitrogens with one attached hydrogen (secondary N) is 1. The summed E-state index contributed by atoms with van der Waals surface area (Å²) in [6.45, 7) is 11.5. The Morgan fingerprint density at radius 3 is 2.69 bits per heavy atom. The molecule has 0 aliphatic carbocycles. The summed E-state index contributed by atoms with van der Waals surface area (Å²) in [6, 6.07) is 0.0538. The minimum Gasteiger partial charge on any atom is -0.354 e. The molecule has 2 saturated heterocycles. The van der Waals surface area contributed by atoms with E-state index in [0.29, 0.717) is 12.0 Å². The van der Waals surface area contributed by atoms with Crippen molar-refractivity contribution in [3.63, 3.8) is 0 Å². The molecule has 2 aliphatic rings. The van der Waals surface area contributed by atoms with E-state index in [-0.39, 0.29) is 11.9 Å². The van der Waals surface area contributed by atoms with Crippen LogP contribution in [-0.2, 0) is 11.2 Å². The molecule has 1 spiro atoms. The number of thiazole rings is 1. The molecule has 0 unspecified atom stereocenters. The largest absolute Gasteiger partial charge is 0.354 e. The van der Waals surface area contributed by atoms with Gasteiger partial charge in [0.15, 0.2) is 0 Å². The Hall–Kier alpha value is -0.980. The van der Waals surface area contributed by atoms with Crippen molar-refractivity contribution in [1.29, 1.82) is 0 Å². The van der Waals surface area contributed by atoms with Gasteiger partial charge in [-0.2, -0.15) is 0 Å². The van der Waals surface area contributed by atoms with Gasteiger partial charge in [0.2, 0.25) is 5.91 Å². The van der Waals surface area contributed by atoms with Crippen LogP contribution in [0.1, 0.15) is 48.2 Å². The second kappa shape index (κ2) is 8.36. The van der Waals surface area contributed by atoms with Crippen LogP contribution in [0.4, 0.5) is 0 Å². The average molecular weight is 379 g/mol. The van der Waals surface area contributed by atoms with E-state index in [1.807, 2.05) is 0 Å². The molecule has 2 fully saturated rings. The molecule has 1 atom stereocenters. The minimum atomic E-state index is 0.0538. The zero-order chi connectivity index (χ0) is 18.7. The Bertz CT molecular complexity index is 602. The molecule has 1 N–H and O–H groups in total. The summed E-state index contributed by atoms with van der Waals surface area (Å²) in [6.07, 6.45) is 5.43. The maximum atomic E-state index is 12.9. The monoisotopic (exact) mass is 378 g/mol. The molecule has 3 rings (SSSR count). The minimum absolute atomic E-state index is 0.0538. The first kappa shape index (κ1) is 19.8. The summed E-state index contributed by atoms with van der Waals surface area (Å²) in [5, 5.41) is 4.33. The van der Waals surface area contributed by atoms with E-state index < -0.39 is 0 Å². The van der Waals surface area contributed by atoms with Crippen molar-refractivity contribution in [3.05, 3.63) is 15.6 Å². The highest BCUT2D eigenvalue weighted by molar-refractivity contribution is 7.11. The van der Waals surface area contributed by atoms with Gasteiger partial charge in [-0.15, -0.1) is 11.3 Å². The van der Waals surface area contributed by atoms with Crippen molar-refractivity contribution in [3.8, 4) is 0 Å². The number of piperidine rings is 1. The Kier molecular flexibility index (Phi) is 6.36. The highest BCUT2D eigenvalue weighted by Gasteiger charge is 2.47. The standard InChI is InChI=1S/C20H34N4OS/c1-5-10-24-14-20(7-11-23(4)12-8-20)13-17(24)19(25)21-9-6-18-22-15(2)16(3)26-18/h17H,5-14H2,1-4H3,(H,21,25)/t17-/m1/s1. The number of nitrogens with zero attached hydrogens (tertiary/aromatic N) is 3. The number of aromatic nitrogens is 1. The molecule has 5 nitrogen and oxygen atoms in total. The zero-order valence-electron chi connectivity index (χ0n) is 16.8. The topological polar surface area (TPSA) is 48.5 Å². The molecule has 2 aliphatic heterocycles. The van der Waals surface area contributed by atoms with Gasteiger partial charge in [-0.1, -0.05) is 6.92 Å². The van der Waals surface area contributed by atoms with Crippen molar-refractivity contribution < 1.29 is 4.79 Å². The lowest BCUT2D eigenvalue weighted by Crippen LogP contribution is -2.44. The molecule has 0 radical (unpaired) electrons. The lowest BCUT2D eigenvalue weighted by molar-refractivity contribution is -0.125. The second-order valence-electron chi connectivity index (χ2n) is 8.28. The van der Waals surface area contributed by atoms with Crippen LogP contribution in [-0.4, -0.2) is 66.5 Å². The number of likely N-dealkylation sites (tertiary alicyclic amines) is 2. The summed E-state index contributed by atoms with van der Waals surface area (Å²) >= 11 is 1.75. The summed E-state index contributed by atoms with van der Waals surface area (Å²) < 4.78 is 0. The third-order valence-corrected chi connectivity index (χ3v) is 7.31. The van der Waals surface area contributed by atoms with Crippen molar-refractivity contribution in [2.75, 3.05) is 39.8 Å². The van der Waals surface area contributed by atoms with Gasteiger partial charge in [0.05, 0.1) is 16.7 Å². The number of hydrogen-bond donors (Lipinski definition) is 1. The van der Waals surface area contributed by atoms with Gasteiger partial charge in [-0.05, 0) is 71.6 Å². The number of carbonyl (C=O) groups excluding carboxylic acids is 1. The lowest BCUT2D eigenvalue weighted by Gasteiger charge is -2.37. The summed E-state index contributed by atoms with van der Waals surface area (Å²) in [5.41, 5.74) is 1.47. The highest BCUT2D eigenvalue weighted by atomic mass is 32.1. The molecule has 3 heterocycles. The van der Waals surface area contributed by atoms with Crippen LogP contribution >= 0.6 is 11.3 Å². The fraction of sp³-hybridized carbons (Fsp3) is 0.800. The number of amides is 1. The molecule has 26 heavy (non-hydrogen) atoms. The SMILES string of the molecule is CCCN1CC2(CCN(C)CC2)C[C@@H]1C(=O)NCCc1nc(C)c(C)s1. The van der Waals surface area contributed by atoms with E-state index in [4.69, 9.17) is 0 Å². The van der Waals surface area contributed by atoms with E-state index >= 15 is 0 Å². The van der Waals surface area contributed by atoms with Gasteiger partial charge < -0.3 is 10.2 Å². The van der Waals surface area contributed by atoms with Gasteiger partial charge in [0, 0.05) is 24.4 Å². The van der Waals surface area contributed by atoms with E-state index in [1.54, 1.807) is 11.3 Å². The summed E-state index contributed by atoms with van der Waals surface area (Å²) in [5.74, 6) is 0.222. The summed E-state index contributed by atoms with van der Waals surface area (Å²) in [4.78, 5) is 23.6. The molecular weight excluding hydrogens is 344 g/mol. The van der Waals surface area contributed by atoms with Gasteiger partial charge in [-0.3, -0.25) is 9.69 Å². The maximum Gasteiger partial charge on any atom is 0.237 e. The van der Waals surface area contributed by atoms with Crippen LogP contribution in [0.3, 0.4) is 0 Å². The predicted octanol–water partition coefficient (Wildman–Crippen LogP) is 2.61. The Morgan fingerprint density at radius 1 is 1.35 bits per heavy atom. The van der Waals surface area contributed by atoms with E-state index in [9.17, 15) is 4.79 Å². The van der Waals surface area contributed by atoms with Crippen LogP contribution in [0, 0.1) is 19.3 Å². The first-order valence-electron chi connectivity index (χ1n) is 10.1. The Labute approximate surface area is 162 Å². The molecule has 0 bridgehead atoms. The first-order valence-corrected chi connectivity index (χ1v) is 10.9. The van der Waals surface area contributed by atoms with Gasteiger partial charge >= 0.3 is 0 Å². The van der Waals surface area contributed by atoms with Crippen LogP contribution in [0.5, 0.6) is 0 Å². The molecule has 146 valence electrons. The highest BCUT2D eigenvalue weighted by Crippen LogP contribution is 2.43. The van der Waals surface area contributed by atoms with Crippen LogP contribution in [0.2, 0.25) is 0 Å². The van der Waals surface area contributed by atoms with Crippen LogP contribution in [0.25, 0.3) is 0 Å². The van der Waals surface area contributed by atoms with Gasteiger partial charge in [0.1, 0.15) is 0 Å². The van der Waals surface area contributed by atoms with Crippen LogP contribution < -0.4 is 5.32 Å². The van der Waals surface area contributed by atoms with E-state index in [0.717, 1.165) is 56.1 Å². The predicted molar refractivity (Wildman–Crippen MR) is 108 cm³/mol. The molecule has 1 aromatic heterocycles. The molecule has 0 aromatic carbocycles. The van der Waals surface area contributed by atoms with E-state index in [1.165, 1.54) is 17.7 Å². The van der Waals surface area contributed by atoms with Crippen molar-refractivity contribution >= 4 is 17.2 Å². The van der Waals surface area contributed by atoms with Crippen molar-refractivity contribution in [2.45, 2.75) is 58.9 Å². The Morgan fingerprint density at radius 2 is 2.08 bits per heavy atom. The molecule has 1 aromatic rings. The number of rotatable bonds is 6. The fourth-order valence-electron chi connectivity index (χ4n) is 4.44.